The number of morpholine rings is 1. The van der Waals surface area contributed by atoms with Crippen LogP contribution in [0.3, 0.4) is 0 Å². The zero-order valence-corrected chi connectivity index (χ0v) is 13.3. The number of carbonyl (C=O) groups excluding carboxylic acids is 1. The molecule has 1 aliphatic heterocycles. The van der Waals surface area contributed by atoms with Crippen molar-refractivity contribution in [3.8, 4) is 0 Å². The van der Waals surface area contributed by atoms with E-state index >= 15 is 0 Å². The predicted octanol–water partition coefficient (Wildman–Crippen LogP) is 1.91. The Hall–Kier alpha value is -2.25. The third-order valence-corrected chi connectivity index (χ3v) is 3.73. The molecule has 7 nitrogen and oxygen atoms in total. The van der Waals surface area contributed by atoms with Crippen LogP contribution in [0.15, 0.2) is 28.8 Å². The first-order valence-corrected chi connectivity index (χ1v) is 7.60. The van der Waals surface area contributed by atoms with Crippen molar-refractivity contribution in [1.82, 2.24) is 15.0 Å². The van der Waals surface area contributed by atoms with Gasteiger partial charge in [-0.25, -0.2) is 0 Å². The third-order valence-electron chi connectivity index (χ3n) is 3.73. The summed E-state index contributed by atoms with van der Waals surface area (Å²) in [6.45, 7) is 6.11. The van der Waals surface area contributed by atoms with Crippen LogP contribution in [-0.4, -0.2) is 40.7 Å². The molecule has 23 heavy (non-hydrogen) atoms. The first-order valence-electron chi connectivity index (χ1n) is 7.60. The van der Waals surface area contributed by atoms with E-state index in [0.717, 1.165) is 24.3 Å². The lowest BCUT2D eigenvalue weighted by molar-refractivity contribution is -0.114. The molecule has 1 saturated heterocycles. The number of anilines is 1. The summed E-state index contributed by atoms with van der Waals surface area (Å²) in [5.41, 5.74) is 1.95. The largest absolute Gasteiger partial charge is 0.378 e. The summed E-state index contributed by atoms with van der Waals surface area (Å²) < 4.78 is 10.9. The van der Waals surface area contributed by atoms with Crippen molar-refractivity contribution in [1.29, 1.82) is 0 Å². The van der Waals surface area contributed by atoms with Gasteiger partial charge in [-0.15, -0.1) is 0 Å². The number of hydrogen-bond acceptors (Lipinski definition) is 6. The maximum atomic E-state index is 11.1. The van der Waals surface area contributed by atoms with Crippen molar-refractivity contribution in [3.05, 3.63) is 41.5 Å². The fourth-order valence-corrected chi connectivity index (χ4v) is 2.63. The molecule has 0 unspecified atom stereocenters. The second-order valence-electron chi connectivity index (χ2n) is 5.62. The topological polar surface area (TPSA) is 80.5 Å². The minimum absolute atomic E-state index is 0.0278. The molecule has 1 atom stereocenters. The number of rotatable bonds is 4. The number of aromatic nitrogens is 2. The predicted molar refractivity (Wildman–Crippen MR) is 83.8 cm³/mol. The average molecular weight is 316 g/mol. The van der Waals surface area contributed by atoms with Gasteiger partial charge in [0.15, 0.2) is 5.82 Å². The molecule has 1 amide bonds. The van der Waals surface area contributed by atoms with Gasteiger partial charge in [-0.3, -0.25) is 9.69 Å². The summed E-state index contributed by atoms with van der Waals surface area (Å²) in [6.07, 6.45) is 0. The van der Waals surface area contributed by atoms with Crippen molar-refractivity contribution in [3.63, 3.8) is 0 Å². The number of ether oxygens (including phenoxy) is 1. The van der Waals surface area contributed by atoms with Gasteiger partial charge in [0.2, 0.25) is 11.8 Å². The number of carbonyl (C=O) groups is 1. The van der Waals surface area contributed by atoms with Crippen LogP contribution < -0.4 is 5.32 Å². The molecule has 1 aromatic heterocycles. The van der Waals surface area contributed by atoms with E-state index in [1.807, 2.05) is 31.2 Å². The molecule has 0 radical (unpaired) electrons. The highest BCUT2D eigenvalue weighted by atomic mass is 16.5. The number of benzene rings is 1. The summed E-state index contributed by atoms with van der Waals surface area (Å²) in [4.78, 5) is 17.7. The molecule has 0 aliphatic carbocycles. The van der Waals surface area contributed by atoms with Gasteiger partial charge in [0.05, 0.1) is 13.2 Å². The number of amides is 1. The molecule has 1 fully saturated rings. The van der Waals surface area contributed by atoms with E-state index in [9.17, 15) is 4.79 Å². The Balaban J connectivity index is 1.70. The van der Waals surface area contributed by atoms with Gasteiger partial charge in [-0.1, -0.05) is 17.3 Å². The Morgan fingerprint density at radius 2 is 2.17 bits per heavy atom. The summed E-state index contributed by atoms with van der Waals surface area (Å²) >= 11 is 0. The van der Waals surface area contributed by atoms with Crippen LogP contribution in [0, 0.1) is 6.92 Å². The zero-order chi connectivity index (χ0) is 16.2. The van der Waals surface area contributed by atoms with Crippen molar-refractivity contribution >= 4 is 11.6 Å². The molecule has 1 aliphatic rings. The highest BCUT2D eigenvalue weighted by Gasteiger charge is 2.29. The second-order valence-corrected chi connectivity index (χ2v) is 5.62. The Morgan fingerprint density at radius 1 is 1.39 bits per heavy atom. The quantitative estimate of drug-likeness (QED) is 0.928. The number of nitrogens with one attached hydrogen (secondary N) is 1. The van der Waals surface area contributed by atoms with Gasteiger partial charge in [-0.2, -0.15) is 4.98 Å². The van der Waals surface area contributed by atoms with E-state index in [1.165, 1.54) is 6.92 Å². The Morgan fingerprint density at radius 3 is 2.83 bits per heavy atom. The Bertz CT molecular complexity index is 668. The highest BCUT2D eigenvalue weighted by Crippen LogP contribution is 2.25. The van der Waals surface area contributed by atoms with Crippen molar-refractivity contribution < 1.29 is 14.1 Å². The average Bonchev–Trinajstić information content (AvgIpc) is 2.96. The maximum Gasteiger partial charge on any atom is 0.246 e. The molecule has 2 aromatic rings. The summed E-state index contributed by atoms with van der Waals surface area (Å²) in [7, 11) is 0. The van der Waals surface area contributed by atoms with Crippen LogP contribution in [0.1, 0.15) is 30.2 Å². The van der Waals surface area contributed by atoms with Crippen molar-refractivity contribution in [2.45, 2.75) is 26.4 Å². The van der Waals surface area contributed by atoms with Crippen LogP contribution in [0.2, 0.25) is 0 Å². The second kappa shape index (κ2) is 6.89. The molecular formula is C16H20N4O3. The number of hydrogen-bond donors (Lipinski definition) is 1. The maximum absolute atomic E-state index is 11.1. The summed E-state index contributed by atoms with van der Waals surface area (Å²) in [5.74, 6) is 1.15. The molecule has 1 aromatic carbocycles. The fraction of sp³-hybridized carbons (Fsp3) is 0.438. The zero-order valence-electron chi connectivity index (χ0n) is 13.3. The minimum atomic E-state index is -0.0715. The first-order chi connectivity index (χ1) is 11.1. The van der Waals surface area contributed by atoms with Crippen LogP contribution in [0.5, 0.6) is 0 Å². The molecule has 0 saturated carbocycles. The van der Waals surface area contributed by atoms with Crippen LogP contribution in [0.4, 0.5) is 5.69 Å². The standard InChI is InChI=1S/C16H20N4O3/c1-11-17-16(23-19-11)15-10-22-8-7-20(15)9-13-3-5-14(6-4-13)18-12(2)21/h3-6,15H,7-10H2,1-2H3,(H,18,21)/t15-/m1/s1. The monoisotopic (exact) mass is 316 g/mol. The van der Waals surface area contributed by atoms with Gasteiger partial charge < -0.3 is 14.6 Å². The van der Waals surface area contributed by atoms with E-state index in [-0.39, 0.29) is 11.9 Å². The van der Waals surface area contributed by atoms with Crippen LogP contribution in [0.25, 0.3) is 0 Å². The van der Waals surface area contributed by atoms with Gasteiger partial charge in [-0.05, 0) is 24.6 Å². The molecule has 7 heteroatoms. The normalized spacial score (nSPS) is 18.8. The van der Waals surface area contributed by atoms with Crippen LogP contribution >= 0.6 is 0 Å². The lowest BCUT2D eigenvalue weighted by Crippen LogP contribution is -2.39. The Kier molecular flexibility index (Phi) is 4.68. The van der Waals surface area contributed by atoms with Gasteiger partial charge in [0.1, 0.15) is 6.04 Å². The molecular weight excluding hydrogens is 296 g/mol. The van der Waals surface area contributed by atoms with Crippen LogP contribution in [-0.2, 0) is 16.1 Å². The third kappa shape index (κ3) is 3.94. The van der Waals surface area contributed by atoms with E-state index in [4.69, 9.17) is 9.26 Å². The lowest BCUT2D eigenvalue weighted by Gasteiger charge is -2.33. The van der Waals surface area contributed by atoms with Crippen molar-refractivity contribution in [2.75, 3.05) is 25.1 Å². The SMILES string of the molecule is CC(=O)Nc1ccc(CN2CCOC[C@@H]2c2nc(C)no2)cc1. The van der Waals surface area contributed by atoms with E-state index in [1.54, 1.807) is 0 Å². The molecule has 1 N–H and O–H groups in total. The Labute approximate surface area is 134 Å². The minimum Gasteiger partial charge on any atom is -0.378 e. The molecule has 0 bridgehead atoms. The van der Waals surface area contributed by atoms with Gasteiger partial charge in [0.25, 0.3) is 0 Å². The number of nitrogens with zero attached hydrogens (tertiary/aromatic N) is 3. The molecule has 2 heterocycles. The summed E-state index contributed by atoms with van der Waals surface area (Å²) in [5, 5.41) is 6.63. The smallest absolute Gasteiger partial charge is 0.246 e. The van der Waals surface area contributed by atoms with E-state index in [0.29, 0.717) is 24.9 Å². The molecule has 0 spiro atoms. The van der Waals surface area contributed by atoms with Crippen molar-refractivity contribution in [2.24, 2.45) is 0 Å². The number of aryl methyl sites for hydroxylation is 1. The van der Waals surface area contributed by atoms with E-state index in [2.05, 4.69) is 20.4 Å². The summed E-state index contributed by atoms with van der Waals surface area (Å²) in [6, 6.07) is 7.81. The van der Waals surface area contributed by atoms with E-state index < -0.39 is 0 Å². The molecule has 122 valence electrons. The van der Waals surface area contributed by atoms with Gasteiger partial charge in [0, 0.05) is 25.7 Å². The fourth-order valence-electron chi connectivity index (χ4n) is 2.63. The highest BCUT2D eigenvalue weighted by molar-refractivity contribution is 5.88. The first kappa shape index (κ1) is 15.6. The van der Waals surface area contributed by atoms with Gasteiger partial charge >= 0.3 is 0 Å². The lowest BCUT2D eigenvalue weighted by atomic mass is 10.1. The molecule has 3 rings (SSSR count).